The first-order chi connectivity index (χ1) is 11.6. The smallest absolute Gasteiger partial charge is 0.219 e. The zero-order valence-corrected chi connectivity index (χ0v) is 15.3. The molecule has 2 heterocycles. The van der Waals surface area contributed by atoms with Crippen LogP contribution >= 0.6 is 0 Å². The maximum absolute atomic E-state index is 11.5. The van der Waals surface area contributed by atoms with Gasteiger partial charge < -0.3 is 4.90 Å². The third-order valence-corrected chi connectivity index (χ3v) is 5.84. The molecule has 0 N–H and O–H groups in total. The molecule has 1 aromatic carbocycles. The summed E-state index contributed by atoms with van der Waals surface area (Å²) >= 11 is 0. The molecular weight excluding hydrogens is 298 g/mol. The Morgan fingerprint density at radius 2 is 1.79 bits per heavy atom. The van der Waals surface area contributed by atoms with Gasteiger partial charge in [0.15, 0.2) is 0 Å². The van der Waals surface area contributed by atoms with Gasteiger partial charge in [0.05, 0.1) is 0 Å². The minimum Gasteiger partial charge on any atom is -0.340 e. The monoisotopic (exact) mass is 329 g/mol. The topological polar surface area (TPSA) is 26.8 Å². The molecule has 0 spiro atoms. The zero-order valence-electron chi connectivity index (χ0n) is 15.3. The van der Waals surface area contributed by atoms with Crippen LogP contribution in [0.5, 0.6) is 0 Å². The van der Waals surface area contributed by atoms with Gasteiger partial charge in [0, 0.05) is 58.3 Å². The van der Waals surface area contributed by atoms with Crippen LogP contribution < -0.4 is 0 Å². The van der Waals surface area contributed by atoms with E-state index < -0.39 is 0 Å². The Balaban J connectivity index is 1.63. The quantitative estimate of drug-likeness (QED) is 0.850. The maximum atomic E-state index is 11.5. The van der Waals surface area contributed by atoms with Crippen molar-refractivity contribution in [3.05, 3.63) is 35.9 Å². The fourth-order valence-corrected chi connectivity index (χ4v) is 4.46. The van der Waals surface area contributed by atoms with Crippen molar-refractivity contribution in [2.45, 2.75) is 39.3 Å². The number of benzene rings is 1. The average molecular weight is 329 g/mol. The summed E-state index contributed by atoms with van der Waals surface area (Å²) in [6.45, 7) is 12.5. The van der Waals surface area contributed by atoms with E-state index in [4.69, 9.17) is 0 Å². The Kier molecular flexibility index (Phi) is 5.57. The van der Waals surface area contributed by atoms with Crippen molar-refractivity contribution in [3.63, 3.8) is 0 Å². The highest BCUT2D eigenvalue weighted by Crippen LogP contribution is 2.32. The highest BCUT2D eigenvalue weighted by molar-refractivity contribution is 5.73. The number of carbonyl (C=O) groups is 1. The summed E-state index contributed by atoms with van der Waals surface area (Å²) < 4.78 is 0. The molecule has 132 valence electrons. The first-order valence-electron chi connectivity index (χ1n) is 9.38. The van der Waals surface area contributed by atoms with E-state index >= 15 is 0 Å². The van der Waals surface area contributed by atoms with Gasteiger partial charge in [-0.25, -0.2) is 0 Å². The fourth-order valence-electron chi connectivity index (χ4n) is 4.46. The van der Waals surface area contributed by atoms with E-state index in [-0.39, 0.29) is 5.91 Å². The highest BCUT2D eigenvalue weighted by Gasteiger charge is 2.37. The number of piperazine rings is 1. The molecule has 2 saturated heterocycles. The van der Waals surface area contributed by atoms with Crippen LogP contribution in [0.15, 0.2) is 30.3 Å². The van der Waals surface area contributed by atoms with E-state index in [1.807, 2.05) is 4.90 Å². The van der Waals surface area contributed by atoms with Crippen molar-refractivity contribution in [3.8, 4) is 0 Å². The molecule has 24 heavy (non-hydrogen) atoms. The summed E-state index contributed by atoms with van der Waals surface area (Å²) in [5.41, 5.74) is 1.44. The number of carbonyl (C=O) groups excluding carboxylic acids is 1. The van der Waals surface area contributed by atoms with Crippen LogP contribution in [0.25, 0.3) is 0 Å². The van der Waals surface area contributed by atoms with Gasteiger partial charge in [-0.2, -0.15) is 0 Å². The number of rotatable bonds is 4. The van der Waals surface area contributed by atoms with Gasteiger partial charge in [0.25, 0.3) is 0 Å². The summed E-state index contributed by atoms with van der Waals surface area (Å²) in [5, 5.41) is 0. The summed E-state index contributed by atoms with van der Waals surface area (Å²) in [6, 6.07) is 12.1. The molecule has 2 aliphatic heterocycles. The Morgan fingerprint density at radius 3 is 2.38 bits per heavy atom. The predicted octanol–water partition coefficient (Wildman–Crippen LogP) is 2.62. The summed E-state index contributed by atoms with van der Waals surface area (Å²) in [6.07, 6.45) is 1.15. The molecule has 4 heteroatoms. The molecular formula is C20H31N3O. The van der Waals surface area contributed by atoms with Crippen LogP contribution in [0.1, 0.15) is 38.8 Å². The largest absolute Gasteiger partial charge is 0.340 e. The third kappa shape index (κ3) is 3.65. The Morgan fingerprint density at radius 1 is 1.12 bits per heavy atom. The molecule has 0 saturated carbocycles. The lowest BCUT2D eigenvalue weighted by Crippen LogP contribution is -2.53. The first-order valence-corrected chi connectivity index (χ1v) is 9.38. The maximum Gasteiger partial charge on any atom is 0.219 e. The molecule has 0 unspecified atom stereocenters. The SMILES string of the molecule is CC[C@H](c1ccccc1)N1C[C@@H](C)[C@H](N2CCN(C(C)=O)CC2)C1. The van der Waals surface area contributed by atoms with Crippen LogP contribution in [-0.4, -0.2) is 65.9 Å². The molecule has 1 aromatic rings. The van der Waals surface area contributed by atoms with Crippen molar-refractivity contribution in [1.29, 1.82) is 0 Å². The second kappa shape index (κ2) is 7.66. The Bertz CT molecular complexity index is 539. The van der Waals surface area contributed by atoms with Crippen molar-refractivity contribution in [2.75, 3.05) is 39.3 Å². The molecule has 0 bridgehead atoms. The number of hydrogen-bond acceptors (Lipinski definition) is 3. The number of likely N-dealkylation sites (tertiary alicyclic amines) is 1. The van der Waals surface area contributed by atoms with Crippen molar-refractivity contribution in [2.24, 2.45) is 5.92 Å². The number of nitrogens with zero attached hydrogens (tertiary/aromatic N) is 3. The molecule has 2 fully saturated rings. The predicted molar refractivity (Wildman–Crippen MR) is 97.8 cm³/mol. The van der Waals surface area contributed by atoms with E-state index in [1.165, 1.54) is 12.1 Å². The Hall–Kier alpha value is -1.39. The first kappa shape index (κ1) is 17.4. The lowest BCUT2D eigenvalue weighted by molar-refractivity contribution is -0.130. The van der Waals surface area contributed by atoms with Crippen molar-refractivity contribution < 1.29 is 4.79 Å². The summed E-state index contributed by atoms with van der Waals surface area (Å²) in [5.74, 6) is 0.900. The zero-order chi connectivity index (χ0) is 17.1. The lowest BCUT2D eigenvalue weighted by Gasteiger charge is -2.39. The van der Waals surface area contributed by atoms with Crippen molar-refractivity contribution >= 4 is 5.91 Å². The minimum atomic E-state index is 0.214. The third-order valence-electron chi connectivity index (χ3n) is 5.84. The van der Waals surface area contributed by atoms with Crippen LogP contribution in [0.2, 0.25) is 0 Å². The summed E-state index contributed by atoms with van der Waals surface area (Å²) in [4.78, 5) is 18.8. The van der Waals surface area contributed by atoms with Gasteiger partial charge in [0.2, 0.25) is 5.91 Å². The number of amides is 1. The normalized spacial score (nSPS) is 27.4. The van der Waals surface area contributed by atoms with Gasteiger partial charge in [-0.3, -0.25) is 14.6 Å². The summed E-state index contributed by atoms with van der Waals surface area (Å²) in [7, 11) is 0. The molecule has 0 aromatic heterocycles. The van der Waals surface area contributed by atoms with Gasteiger partial charge >= 0.3 is 0 Å². The molecule has 0 aliphatic carbocycles. The van der Waals surface area contributed by atoms with Gasteiger partial charge in [-0.05, 0) is 17.9 Å². The van der Waals surface area contributed by atoms with Crippen LogP contribution in [-0.2, 0) is 4.79 Å². The van der Waals surface area contributed by atoms with Gasteiger partial charge in [0.1, 0.15) is 0 Å². The van der Waals surface area contributed by atoms with E-state index in [1.54, 1.807) is 6.92 Å². The molecule has 2 aliphatic rings. The standard InChI is InChI=1S/C20H31N3O/c1-4-19(18-8-6-5-7-9-18)23-14-16(2)20(15-23)22-12-10-21(11-13-22)17(3)24/h5-9,16,19-20H,4,10-15H2,1-3H3/t16-,19-,20-/m1/s1. The highest BCUT2D eigenvalue weighted by atomic mass is 16.2. The van der Waals surface area contributed by atoms with E-state index in [2.05, 4.69) is 54.0 Å². The van der Waals surface area contributed by atoms with Gasteiger partial charge in [-0.1, -0.05) is 44.2 Å². The van der Waals surface area contributed by atoms with E-state index in [0.29, 0.717) is 18.0 Å². The Labute approximate surface area is 146 Å². The second-order valence-electron chi connectivity index (χ2n) is 7.38. The molecule has 1 amide bonds. The minimum absolute atomic E-state index is 0.214. The van der Waals surface area contributed by atoms with Crippen molar-refractivity contribution in [1.82, 2.24) is 14.7 Å². The van der Waals surface area contributed by atoms with Gasteiger partial charge in [-0.15, -0.1) is 0 Å². The molecule has 0 radical (unpaired) electrons. The van der Waals surface area contributed by atoms with E-state index in [0.717, 1.165) is 39.1 Å². The van der Waals surface area contributed by atoms with E-state index in [9.17, 15) is 4.79 Å². The van der Waals surface area contributed by atoms with Crippen LogP contribution in [0, 0.1) is 5.92 Å². The lowest BCUT2D eigenvalue weighted by atomic mass is 10.0. The molecule has 3 atom stereocenters. The second-order valence-corrected chi connectivity index (χ2v) is 7.38. The molecule has 3 rings (SSSR count). The van der Waals surface area contributed by atoms with Crippen LogP contribution in [0.4, 0.5) is 0 Å². The molecule has 4 nitrogen and oxygen atoms in total. The average Bonchev–Trinajstić information content (AvgIpc) is 2.98. The fraction of sp³-hybridized carbons (Fsp3) is 0.650. The number of hydrogen-bond donors (Lipinski definition) is 0. The van der Waals surface area contributed by atoms with Crippen LogP contribution in [0.3, 0.4) is 0 Å².